The zero-order chi connectivity index (χ0) is 15.7. The van der Waals surface area contributed by atoms with Crippen molar-refractivity contribution in [1.29, 1.82) is 0 Å². The molecule has 1 aliphatic heterocycles. The first-order valence-electron chi connectivity index (χ1n) is 7.55. The summed E-state index contributed by atoms with van der Waals surface area (Å²) >= 11 is 0. The summed E-state index contributed by atoms with van der Waals surface area (Å²) in [4.78, 5) is 12.5. The van der Waals surface area contributed by atoms with Crippen molar-refractivity contribution in [3.8, 4) is 0 Å². The van der Waals surface area contributed by atoms with E-state index in [0.29, 0.717) is 12.2 Å². The van der Waals surface area contributed by atoms with Crippen LogP contribution in [0.5, 0.6) is 0 Å². The van der Waals surface area contributed by atoms with Gasteiger partial charge in [-0.15, -0.1) is 0 Å². The first kappa shape index (κ1) is 14.8. The lowest BCUT2D eigenvalue weighted by atomic mass is 10.0. The first-order chi connectivity index (χ1) is 10.6. The van der Waals surface area contributed by atoms with Gasteiger partial charge in [0, 0.05) is 18.1 Å². The van der Waals surface area contributed by atoms with E-state index in [0.717, 1.165) is 35.8 Å². The number of rotatable bonds is 4. The standard InChI is InChI=1S/C16H21N3O3/c1-9-6-13(11(3)22-9)10(2)18-16(20)14-7-17-19-15(14)12-4-5-21-8-12/h6-7,10,12H,4-5,8H2,1-3H3,(H,17,19)(H,18,20)/t10-,12-/m1/s1. The number of ether oxygens (including phenoxy) is 1. The van der Waals surface area contributed by atoms with Gasteiger partial charge in [0.1, 0.15) is 11.5 Å². The van der Waals surface area contributed by atoms with Crippen molar-refractivity contribution in [2.24, 2.45) is 0 Å². The quantitative estimate of drug-likeness (QED) is 0.910. The van der Waals surface area contributed by atoms with Crippen molar-refractivity contribution in [2.45, 2.75) is 39.2 Å². The van der Waals surface area contributed by atoms with Gasteiger partial charge in [-0.2, -0.15) is 5.10 Å². The van der Waals surface area contributed by atoms with Gasteiger partial charge in [-0.1, -0.05) is 0 Å². The van der Waals surface area contributed by atoms with Crippen LogP contribution in [0.1, 0.15) is 58.4 Å². The highest BCUT2D eigenvalue weighted by molar-refractivity contribution is 5.95. The number of H-pyrrole nitrogens is 1. The Balaban J connectivity index is 1.74. The molecule has 0 unspecified atom stereocenters. The molecule has 2 N–H and O–H groups in total. The van der Waals surface area contributed by atoms with Crippen molar-refractivity contribution < 1.29 is 13.9 Å². The highest BCUT2D eigenvalue weighted by Crippen LogP contribution is 2.27. The van der Waals surface area contributed by atoms with E-state index in [9.17, 15) is 4.79 Å². The van der Waals surface area contributed by atoms with Crippen LogP contribution in [0.2, 0.25) is 0 Å². The Morgan fingerprint density at radius 3 is 2.95 bits per heavy atom. The van der Waals surface area contributed by atoms with Crippen molar-refractivity contribution in [3.63, 3.8) is 0 Å². The molecule has 118 valence electrons. The second-order valence-electron chi connectivity index (χ2n) is 5.82. The van der Waals surface area contributed by atoms with Gasteiger partial charge >= 0.3 is 0 Å². The number of carbonyl (C=O) groups is 1. The largest absolute Gasteiger partial charge is 0.466 e. The van der Waals surface area contributed by atoms with E-state index in [2.05, 4.69) is 15.5 Å². The third-order valence-electron chi connectivity index (χ3n) is 4.14. The molecular formula is C16H21N3O3. The molecule has 2 atom stereocenters. The lowest BCUT2D eigenvalue weighted by molar-refractivity contribution is 0.0938. The zero-order valence-corrected chi connectivity index (χ0v) is 13.1. The van der Waals surface area contributed by atoms with Gasteiger partial charge in [0.05, 0.1) is 30.1 Å². The predicted octanol–water partition coefficient (Wildman–Crippen LogP) is 2.61. The summed E-state index contributed by atoms with van der Waals surface area (Å²) in [5, 5.41) is 9.99. The van der Waals surface area contributed by atoms with Crippen molar-refractivity contribution in [3.05, 3.63) is 40.6 Å². The molecule has 0 saturated carbocycles. The summed E-state index contributed by atoms with van der Waals surface area (Å²) in [5.74, 6) is 1.78. The van der Waals surface area contributed by atoms with Crippen LogP contribution < -0.4 is 5.32 Å². The van der Waals surface area contributed by atoms with Crippen LogP contribution in [0, 0.1) is 13.8 Å². The Morgan fingerprint density at radius 1 is 1.50 bits per heavy atom. The maximum atomic E-state index is 12.5. The number of aryl methyl sites for hydroxylation is 2. The van der Waals surface area contributed by atoms with Crippen LogP contribution in [-0.4, -0.2) is 29.3 Å². The van der Waals surface area contributed by atoms with E-state index < -0.39 is 0 Å². The molecule has 0 aliphatic carbocycles. The maximum absolute atomic E-state index is 12.5. The maximum Gasteiger partial charge on any atom is 0.255 e. The highest BCUT2D eigenvalue weighted by Gasteiger charge is 2.26. The van der Waals surface area contributed by atoms with Crippen LogP contribution in [0.4, 0.5) is 0 Å². The van der Waals surface area contributed by atoms with Gasteiger partial charge < -0.3 is 14.5 Å². The second-order valence-corrected chi connectivity index (χ2v) is 5.82. The summed E-state index contributed by atoms with van der Waals surface area (Å²) in [6, 6.07) is 1.84. The number of furan rings is 1. The van der Waals surface area contributed by atoms with Crippen LogP contribution in [-0.2, 0) is 4.74 Å². The molecule has 6 heteroatoms. The fraction of sp³-hybridized carbons (Fsp3) is 0.500. The SMILES string of the molecule is Cc1cc([C@@H](C)NC(=O)c2cn[nH]c2[C@@H]2CCOC2)c(C)o1. The Morgan fingerprint density at radius 2 is 2.32 bits per heavy atom. The average Bonchev–Trinajstić information content (AvgIpc) is 3.17. The van der Waals surface area contributed by atoms with Gasteiger partial charge in [-0.3, -0.25) is 9.89 Å². The minimum atomic E-state index is -0.124. The third kappa shape index (κ3) is 2.78. The summed E-state index contributed by atoms with van der Waals surface area (Å²) in [6.07, 6.45) is 2.50. The Bertz CT molecular complexity index is 668. The number of hydrogen-bond acceptors (Lipinski definition) is 4. The van der Waals surface area contributed by atoms with Gasteiger partial charge in [0.25, 0.3) is 5.91 Å². The molecule has 0 aromatic carbocycles. The number of hydrogen-bond donors (Lipinski definition) is 2. The van der Waals surface area contributed by atoms with E-state index >= 15 is 0 Å². The molecule has 0 bridgehead atoms. The van der Waals surface area contributed by atoms with Gasteiger partial charge in [0.15, 0.2) is 0 Å². The lowest BCUT2D eigenvalue weighted by Crippen LogP contribution is -2.27. The molecule has 1 fully saturated rings. The summed E-state index contributed by atoms with van der Waals surface area (Å²) in [5.41, 5.74) is 2.46. The van der Waals surface area contributed by atoms with Crippen LogP contribution in [0.15, 0.2) is 16.7 Å². The molecule has 0 radical (unpaired) electrons. The van der Waals surface area contributed by atoms with Gasteiger partial charge in [-0.05, 0) is 33.3 Å². The van der Waals surface area contributed by atoms with Gasteiger partial charge in [0.2, 0.25) is 0 Å². The minimum absolute atomic E-state index is 0.118. The Labute approximate surface area is 129 Å². The van der Waals surface area contributed by atoms with E-state index in [4.69, 9.17) is 9.15 Å². The highest BCUT2D eigenvalue weighted by atomic mass is 16.5. The van der Waals surface area contributed by atoms with E-state index in [1.165, 1.54) is 0 Å². The molecule has 2 aromatic heterocycles. The summed E-state index contributed by atoms with van der Waals surface area (Å²) in [7, 11) is 0. The topological polar surface area (TPSA) is 80.2 Å². The fourth-order valence-electron chi connectivity index (χ4n) is 2.98. The minimum Gasteiger partial charge on any atom is -0.466 e. The summed E-state index contributed by atoms with van der Waals surface area (Å²) in [6.45, 7) is 7.13. The zero-order valence-electron chi connectivity index (χ0n) is 13.1. The normalized spacial score (nSPS) is 19.3. The number of aromatic amines is 1. The average molecular weight is 303 g/mol. The molecule has 6 nitrogen and oxygen atoms in total. The second kappa shape index (κ2) is 5.96. The molecule has 1 saturated heterocycles. The van der Waals surface area contributed by atoms with Crippen molar-refractivity contribution in [1.82, 2.24) is 15.5 Å². The lowest BCUT2D eigenvalue weighted by Gasteiger charge is -2.14. The van der Waals surface area contributed by atoms with Crippen molar-refractivity contribution >= 4 is 5.91 Å². The van der Waals surface area contributed by atoms with Gasteiger partial charge in [-0.25, -0.2) is 0 Å². The smallest absolute Gasteiger partial charge is 0.255 e. The molecule has 1 amide bonds. The van der Waals surface area contributed by atoms with Crippen molar-refractivity contribution in [2.75, 3.05) is 13.2 Å². The monoisotopic (exact) mass is 303 g/mol. The molecule has 2 aromatic rings. The number of carbonyl (C=O) groups excluding carboxylic acids is 1. The molecule has 0 spiro atoms. The van der Waals surface area contributed by atoms with E-state index in [1.54, 1.807) is 6.20 Å². The number of aromatic nitrogens is 2. The predicted molar refractivity (Wildman–Crippen MR) is 80.8 cm³/mol. The number of amides is 1. The molecular weight excluding hydrogens is 282 g/mol. The van der Waals surface area contributed by atoms with E-state index in [1.807, 2.05) is 26.8 Å². The fourth-order valence-corrected chi connectivity index (χ4v) is 2.98. The molecule has 22 heavy (non-hydrogen) atoms. The van der Waals surface area contributed by atoms with Crippen LogP contribution in [0.25, 0.3) is 0 Å². The Kier molecular flexibility index (Phi) is 4.02. The van der Waals surface area contributed by atoms with Crippen LogP contribution in [0.3, 0.4) is 0 Å². The van der Waals surface area contributed by atoms with Crippen LogP contribution >= 0.6 is 0 Å². The first-order valence-corrected chi connectivity index (χ1v) is 7.55. The number of nitrogens with zero attached hydrogens (tertiary/aromatic N) is 1. The molecule has 1 aliphatic rings. The molecule has 3 rings (SSSR count). The van der Waals surface area contributed by atoms with E-state index in [-0.39, 0.29) is 17.9 Å². The summed E-state index contributed by atoms with van der Waals surface area (Å²) < 4.78 is 10.9. The third-order valence-corrected chi connectivity index (χ3v) is 4.14. The number of nitrogens with one attached hydrogen (secondary N) is 2. The molecule has 3 heterocycles. The Hall–Kier alpha value is -2.08.